The van der Waals surface area contributed by atoms with E-state index in [9.17, 15) is 9.59 Å². The number of rotatable bonds is 5. The van der Waals surface area contributed by atoms with Crippen LogP contribution in [0, 0.1) is 0 Å². The maximum Gasteiger partial charge on any atom is 0.290 e. The molecule has 0 unspecified atom stereocenters. The molecular formula is C13H21N5O3. The molecule has 1 aromatic rings. The Balaban J connectivity index is 2.67. The average Bonchev–Trinajstić information content (AvgIpc) is 2.91. The summed E-state index contributed by atoms with van der Waals surface area (Å²) in [6.45, 7) is 7.53. The monoisotopic (exact) mass is 295 g/mol. The van der Waals surface area contributed by atoms with E-state index in [-0.39, 0.29) is 11.7 Å². The van der Waals surface area contributed by atoms with Gasteiger partial charge in [-0.05, 0) is 27.7 Å². The molecule has 0 bridgehead atoms. The Hall–Kier alpha value is -2.38. The molecule has 0 aromatic carbocycles. The van der Waals surface area contributed by atoms with Gasteiger partial charge in [0.05, 0.1) is 6.20 Å². The van der Waals surface area contributed by atoms with Gasteiger partial charge in [0.15, 0.2) is 0 Å². The normalized spacial score (nSPS) is 12.0. The summed E-state index contributed by atoms with van der Waals surface area (Å²) >= 11 is 0. The van der Waals surface area contributed by atoms with Crippen LogP contribution in [-0.4, -0.2) is 46.9 Å². The second-order valence-electron chi connectivity index (χ2n) is 5.07. The minimum atomic E-state index is -1.12. The third-order valence-electron chi connectivity index (χ3n) is 2.73. The number of amides is 2. The Morgan fingerprint density at radius 2 is 2.14 bits per heavy atom. The molecule has 0 radical (unpaired) electrons. The maximum atomic E-state index is 12.2. The Morgan fingerprint density at radius 3 is 2.67 bits per heavy atom. The Morgan fingerprint density at radius 1 is 1.48 bits per heavy atom. The first kappa shape index (κ1) is 16.7. The number of carbonyl (C=O) groups excluding carboxylic acids is 2. The molecule has 1 heterocycles. The third kappa shape index (κ3) is 4.90. The molecule has 1 aromatic heterocycles. The van der Waals surface area contributed by atoms with E-state index in [1.165, 1.54) is 12.3 Å². The summed E-state index contributed by atoms with van der Waals surface area (Å²) in [5, 5.41) is 14.5. The van der Waals surface area contributed by atoms with Crippen molar-refractivity contribution in [3.63, 3.8) is 0 Å². The zero-order valence-corrected chi connectivity index (χ0v) is 12.9. The lowest BCUT2D eigenvalue weighted by Crippen LogP contribution is -2.55. The number of hydrogen-bond donors (Lipinski definition) is 2. The first-order valence-corrected chi connectivity index (χ1v) is 6.57. The van der Waals surface area contributed by atoms with Crippen molar-refractivity contribution in [3.8, 4) is 0 Å². The second-order valence-corrected chi connectivity index (χ2v) is 5.07. The van der Waals surface area contributed by atoms with Gasteiger partial charge in [-0.15, -0.1) is 0 Å². The lowest BCUT2D eigenvalue weighted by molar-refractivity contribution is -0.124. The minimum Gasteiger partial charge on any atom is -0.351 e. The van der Waals surface area contributed by atoms with E-state index in [1.54, 1.807) is 32.8 Å². The Bertz CT molecular complexity index is 522. The number of hydrogen-bond acceptors (Lipinski definition) is 6. The van der Waals surface area contributed by atoms with E-state index in [4.69, 9.17) is 4.52 Å². The largest absolute Gasteiger partial charge is 0.351 e. The van der Waals surface area contributed by atoms with Crippen LogP contribution in [0.5, 0.6) is 0 Å². The van der Waals surface area contributed by atoms with Crippen LogP contribution >= 0.6 is 0 Å². The van der Waals surface area contributed by atoms with Gasteiger partial charge >= 0.3 is 0 Å². The fourth-order valence-corrected chi connectivity index (χ4v) is 1.41. The molecule has 2 N–H and O–H groups in total. The maximum absolute atomic E-state index is 12.2. The highest BCUT2D eigenvalue weighted by Gasteiger charge is 2.31. The number of hydrazone groups is 1. The predicted octanol–water partition coefficient (Wildman–Crippen LogP) is 0.584. The summed E-state index contributed by atoms with van der Waals surface area (Å²) in [6, 6.07) is 1.42. The van der Waals surface area contributed by atoms with Crippen molar-refractivity contribution in [1.29, 1.82) is 0 Å². The highest BCUT2D eigenvalue weighted by atomic mass is 16.5. The van der Waals surface area contributed by atoms with Crippen molar-refractivity contribution in [1.82, 2.24) is 20.8 Å². The quantitative estimate of drug-likeness (QED) is 0.470. The topological polar surface area (TPSA) is 99.8 Å². The number of amidine groups is 1. The Labute approximate surface area is 123 Å². The molecule has 21 heavy (non-hydrogen) atoms. The van der Waals surface area contributed by atoms with Gasteiger partial charge in [-0.2, -0.15) is 5.10 Å². The summed E-state index contributed by atoms with van der Waals surface area (Å²) in [6.07, 6.45) is 1.36. The van der Waals surface area contributed by atoms with Crippen LogP contribution < -0.4 is 10.6 Å². The molecule has 8 heteroatoms. The molecule has 0 aliphatic carbocycles. The van der Waals surface area contributed by atoms with Gasteiger partial charge in [-0.1, -0.05) is 5.16 Å². The van der Waals surface area contributed by atoms with Gasteiger partial charge in [0.2, 0.25) is 5.76 Å². The van der Waals surface area contributed by atoms with Crippen molar-refractivity contribution in [2.24, 2.45) is 5.10 Å². The van der Waals surface area contributed by atoms with E-state index in [2.05, 4.69) is 20.9 Å². The van der Waals surface area contributed by atoms with Gasteiger partial charge in [0.1, 0.15) is 11.4 Å². The first-order valence-electron chi connectivity index (χ1n) is 6.57. The summed E-state index contributed by atoms with van der Waals surface area (Å²) in [7, 11) is 1.80. The molecular weight excluding hydrogens is 274 g/mol. The molecule has 0 spiro atoms. The summed E-state index contributed by atoms with van der Waals surface area (Å²) < 4.78 is 4.75. The number of aromatic nitrogens is 1. The molecule has 2 amide bonds. The fraction of sp³-hybridized carbons (Fsp3) is 0.538. The highest BCUT2D eigenvalue weighted by Crippen LogP contribution is 2.06. The SMILES string of the molecule is CCN(C)N=C(C)NC(=O)C(C)(C)NC(=O)c1ccno1. The van der Waals surface area contributed by atoms with E-state index in [0.717, 1.165) is 6.54 Å². The molecule has 0 saturated carbocycles. The van der Waals surface area contributed by atoms with Crippen molar-refractivity contribution in [3.05, 3.63) is 18.0 Å². The molecule has 0 atom stereocenters. The molecule has 116 valence electrons. The highest BCUT2D eigenvalue weighted by molar-refractivity contribution is 6.03. The van der Waals surface area contributed by atoms with E-state index in [0.29, 0.717) is 5.84 Å². The summed E-state index contributed by atoms with van der Waals surface area (Å²) in [5.74, 6) is -0.382. The van der Waals surface area contributed by atoms with Gasteiger partial charge in [-0.3, -0.25) is 14.6 Å². The van der Waals surface area contributed by atoms with Gasteiger partial charge in [0.25, 0.3) is 11.8 Å². The molecule has 0 saturated heterocycles. The van der Waals surface area contributed by atoms with Crippen molar-refractivity contribution < 1.29 is 14.1 Å². The van der Waals surface area contributed by atoms with E-state index >= 15 is 0 Å². The third-order valence-corrected chi connectivity index (χ3v) is 2.73. The minimum absolute atomic E-state index is 0.0481. The van der Waals surface area contributed by atoms with Gasteiger partial charge in [-0.25, -0.2) is 0 Å². The predicted molar refractivity (Wildman–Crippen MR) is 77.6 cm³/mol. The van der Waals surface area contributed by atoms with Crippen LogP contribution in [-0.2, 0) is 4.79 Å². The molecule has 0 aliphatic heterocycles. The molecule has 0 aliphatic rings. The zero-order valence-electron chi connectivity index (χ0n) is 12.9. The smallest absolute Gasteiger partial charge is 0.290 e. The standard InChI is InChI=1S/C13H21N5O3/c1-6-18(5)17-9(2)15-12(20)13(3,4)16-11(19)10-7-8-14-21-10/h7-8H,6H2,1-5H3,(H,16,19)(H,15,17,20). The Kier molecular flexibility index (Phi) is 5.45. The molecule has 1 rings (SSSR count). The number of nitrogens with zero attached hydrogens (tertiary/aromatic N) is 3. The van der Waals surface area contributed by atoms with Crippen LogP contribution in [0.3, 0.4) is 0 Å². The summed E-state index contributed by atoms with van der Waals surface area (Å²) in [5.41, 5.74) is -1.12. The zero-order chi connectivity index (χ0) is 16.0. The van der Waals surface area contributed by atoms with Gasteiger partial charge in [0, 0.05) is 19.7 Å². The van der Waals surface area contributed by atoms with Crippen LogP contribution in [0.15, 0.2) is 21.9 Å². The van der Waals surface area contributed by atoms with Crippen molar-refractivity contribution in [2.75, 3.05) is 13.6 Å². The van der Waals surface area contributed by atoms with Crippen LogP contribution in [0.1, 0.15) is 38.2 Å². The first-order chi connectivity index (χ1) is 9.76. The van der Waals surface area contributed by atoms with Crippen molar-refractivity contribution >= 4 is 17.6 Å². The number of nitrogens with one attached hydrogen (secondary N) is 2. The summed E-state index contributed by atoms with van der Waals surface area (Å²) in [4.78, 5) is 24.1. The fourth-order valence-electron chi connectivity index (χ4n) is 1.41. The number of carbonyl (C=O) groups is 2. The lowest BCUT2D eigenvalue weighted by Gasteiger charge is -2.24. The second kappa shape index (κ2) is 6.87. The van der Waals surface area contributed by atoms with Crippen LogP contribution in [0.25, 0.3) is 0 Å². The molecule has 8 nitrogen and oxygen atoms in total. The average molecular weight is 295 g/mol. The van der Waals surface area contributed by atoms with E-state index < -0.39 is 11.4 Å². The van der Waals surface area contributed by atoms with E-state index in [1.807, 2.05) is 6.92 Å². The lowest BCUT2D eigenvalue weighted by atomic mass is 10.0. The van der Waals surface area contributed by atoms with Crippen molar-refractivity contribution in [2.45, 2.75) is 33.2 Å². The van der Waals surface area contributed by atoms with Crippen LogP contribution in [0.2, 0.25) is 0 Å². The van der Waals surface area contributed by atoms with Gasteiger partial charge < -0.3 is 15.2 Å². The van der Waals surface area contributed by atoms with Crippen LogP contribution in [0.4, 0.5) is 0 Å². The molecule has 0 fully saturated rings.